The number of amides is 1. The van der Waals surface area contributed by atoms with E-state index < -0.39 is 11.9 Å². The van der Waals surface area contributed by atoms with Gasteiger partial charge in [-0.15, -0.1) is 0 Å². The third-order valence-corrected chi connectivity index (χ3v) is 3.86. The van der Waals surface area contributed by atoms with Crippen LogP contribution in [0.25, 0.3) is 0 Å². The molecular formula is C15H20N2O3. The summed E-state index contributed by atoms with van der Waals surface area (Å²) in [5, 5.41) is 12.1. The Kier molecular flexibility index (Phi) is 4.61. The summed E-state index contributed by atoms with van der Waals surface area (Å²) in [6.45, 7) is 0. The first kappa shape index (κ1) is 14.4. The van der Waals surface area contributed by atoms with Gasteiger partial charge < -0.3 is 16.2 Å². The molecule has 1 aromatic rings. The van der Waals surface area contributed by atoms with Crippen LogP contribution in [0, 0.1) is 5.92 Å². The number of carbonyl (C=O) groups is 2. The zero-order valence-electron chi connectivity index (χ0n) is 11.3. The fourth-order valence-corrected chi connectivity index (χ4v) is 2.73. The summed E-state index contributed by atoms with van der Waals surface area (Å²) < 4.78 is 0. The van der Waals surface area contributed by atoms with Crippen molar-refractivity contribution in [1.29, 1.82) is 0 Å². The van der Waals surface area contributed by atoms with Crippen molar-refractivity contribution in [2.24, 2.45) is 5.92 Å². The molecule has 1 fully saturated rings. The molecule has 2 unspecified atom stereocenters. The highest BCUT2D eigenvalue weighted by Crippen LogP contribution is 2.24. The fraction of sp³-hybridized carbons (Fsp3) is 0.467. The van der Waals surface area contributed by atoms with Crippen molar-refractivity contribution >= 4 is 17.6 Å². The van der Waals surface area contributed by atoms with Gasteiger partial charge in [-0.05, 0) is 25.0 Å². The Hall–Kier alpha value is -2.04. The second-order valence-corrected chi connectivity index (χ2v) is 5.25. The molecule has 0 spiro atoms. The van der Waals surface area contributed by atoms with Crippen molar-refractivity contribution in [2.45, 2.75) is 38.1 Å². The molecule has 2 rings (SSSR count). The Morgan fingerprint density at radius 3 is 2.55 bits per heavy atom. The number of nitrogens with two attached hydrogens (primary N) is 1. The first-order valence-electron chi connectivity index (χ1n) is 6.98. The molecule has 0 aliphatic heterocycles. The summed E-state index contributed by atoms with van der Waals surface area (Å²) in [5.41, 5.74) is 6.59. The predicted molar refractivity (Wildman–Crippen MR) is 76.3 cm³/mol. The highest BCUT2D eigenvalue weighted by atomic mass is 16.4. The number of hydrogen-bond donors (Lipinski definition) is 3. The van der Waals surface area contributed by atoms with Gasteiger partial charge in [0.2, 0.25) is 0 Å². The zero-order valence-corrected chi connectivity index (χ0v) is 11.3. The zero-order chi connectivity index (χ0) is 14.5. The second kappa shape index (κ2) is 6.41. The molecule has 1 aliphatic rings. The van der Waals surface area contributed by atoms with Crippen LogP contribution in [0.3, 0.4) is 0 Å². The minimum absolute atomic E-state index is 0.291. The highest BCUT2D eigenvalue weighted by molar-refractivity contribution is 5.99. The first-order valence-corrected chi connectivity index (χ1v) is 6.98. The maximum Gasteiger partial charge on any atom is 0.308 e. The molecule has 4 N–H and O–H groups in total. The van der Waals surface area contributed by atoms with Crippen LogP contribution in [0.4, 0.5) is 5.69 Å². The van der Waals surface area contributed by atoms with Crippen molar-refractivity contribution < 1.29 is 14.7 Å². The molecule has 1 amide bonds. The average molecular weight is 276 g/mol. The van der Waals surface area contributed by atoms with E-state index in [0.29, 0.717) is 24.1 Å². The lowest BCUT2D eigenvalue weighted by molar-refractivity contribution is -0.142. The molecular weight excluding hydrogens is 256 g/mol. The minimum Gasteiger partial charge on any atom is -0.481 e. The highest BCUT2D eigenvalue weighted by Gasteiger charge is 2.30. The van der Waals surface area contributed by atoms with E-state index in [1.807, 2.05) is 0 Å². The van der Waals surface area contributed by atoms with Crippen LogP contribution < -0.4 is 11.1 Å². The number of nitrogens with one attached hydrogen (secondary N) is 1. The van der Waals surface area contributed by atoms with Gasteiger partial charge in [-0.25, -0.2) is 0 Å². The van der Waals surface area contributed by atoms with Crippen molar-refractivity contribution in [3.05, 3.63) is 29.8 Å². The lowest BCUT2D eigenvalue weighted by atomic mass is 9.94. The van der Waals surface area contributed by atoms with Crippen molar-refractivity contribution in [3.8, 4) is 0 Å². The van der Waals surface area contributed by atoms with Crippen LogP contribution in [0.1, 0.15) is 42.5 Å². The summed E-state index contributed by atoms with van der Waals surface area (Å²) in [6.07, 6.45) is 4.18. The van der Waals surface area contributed by atoms with E-state index >= 15 is 0 Å². The Morgan fingerprint density at radius 2 is 1.85 bits per heavy atom. The van der Waals surface area contributed by atoms with E-state index in [9.17, 15) is 14.7 Å². The number of benzene rings is 1. The topological polar surface area (TPSA) is 92.4 Å². The molecule has 5 heteroatoms. The van der Waals surface area contributed by atoms with Gasteiger partial charge in [0.25, 0.3) is 5.91 Å². The van der Waals surface area contributed by atoms with Gasteiger partial charge in [-0.3, -0.25) is 9.59 Å². The minimum atomic E-state index is -0.835. The monoisotopic (exact) mass is 276 g/mol. The van der Waals surface area contributed by atoms with Crippen LogP contribution in [-0.2, 0) is 4.79 Å². The molecule has 1 aliphatic carbocycles. The standard InChI is InChI=1S/C15H20N2O3/c16-12-8-5-4-6-10(12)14(18)17-13-9-3-1-2-7-11(13)15(19)20/h4-6,8,11,13H,1-3,7,9,16H2,(H,17,18)(H,19,20). The number of carbonyl (C=O) groups excluding carboxylic acids is 1. The Bertz CT molecular complexity index is 502. The van der Waals surface area contributed by atoms with Crippen molar-refractivity contribution in [3.63, 3.8) is 0 Å². The summed E-state index contributed by atoms with van der Waals surface area (Å²) in [5.74, 6) is -1.63. The summed E-state index contributed by atoms with van der Waals surface area (Å²) >= 11 is 0. The maximum absolute atomic E-state index is 12.2. The molecule has 0 radical (unpaired) electrons. The summed E-state index contributed by atoms with van der Waals surface area (Å²) in [4.78, 5) is 23.6. The molecule has 5 nitrogen and oxygen atoms in total. The van der Waals surface area contributed by atoms with E-state index in [2.05, 4.69) is 5.32 Å². The number of carboxylic acids is 1. The van der Waals surface area contributed by atoms with E-state index in [1.165, 1.54) is 0 Å². The number of hydrogen-bond acceptors (Lipinski definition) is 3. The normalized spacial score (nSPS) is 22.8. The lowest BCUT2D eigenvalue weighted by Gasteiger charge is -2.23. The molecule has 0 heterocycles. The van der Waals surface area contributed by atoms with E-state index in [0.717, 1.165) is 19.3 Å². The number of carboxylic acid groups (broad SMARTS) is 1. The molecule has 0 saturated heterocycles. The molecule has 1 aromatic carbocycles. The van der Waals surface area contributed by atoms with Gasteiger partial charge in [-0.1, -0.05) is 31.4 Å². The Labute approximate surface area is 118 Å². The van der Waals surface area contributed by atoms with Gasteiger partial charge in [0.1, 0.15) is 0 Å². The second-order valence-electron chi connectivity index (χ2n) is 5.25. The lowest BCUT2D eigenvalue weighted by Crippen LogP contribution is -2.43. The Morgan fingerprint density at radius 1 is 1.15 bits per heavy atom. The molecule has 108 valence electrons. The van der Waals surface area contributed by atoms with Crippen LogP contribution in [0.5, 0.6) is 0 Å². The number of anilines is 1. The van der Waals surface area contributed by atoms with Crippen LogP contribution >= 0.6 is 0 Å². The summed E-state index contributed by atoms with van der Waals surface area (Å²) in [6, 6.07) is 6.50. The van der Waals surface area contributed by atoms with E-state index in [4.69, 9.17) is 5.73 Å². The number of aliphatic carboxylic acids is 1. The van der Waals surface area contributed by atoms with E-state index in [-0.39, 0.29) is 11.9 Å². The summed E-state index contributed by atoms with van der Waals surface area (Å²) in [7, 11) is 0. The number of nitrogen functional groups attached to an aromatic ring is 1. The maximum atomic E-state index is 12.2. The first-order chi connectivity index (χ1) is 9.59. The third-order valence-electron chi connectivity index (χ3n) is 3.86. The number of rotatable bonds is 3. The van der Waals surface area contributed by atoms with E-state index in [1.54, 1.807) is 24.3 Å². The quantitative estimate of drug-likeness (QED) is 0.582. The molecule has 0 bridgehead atoms. The smallest absolute Gasteiger partial charge is 0.308 e. The van der Waals surface area contributed by atoms with Crippen LogP contribution in [0.2, 0.25) is 0 Å². The van der Waals surface area contributed by atoms with Crippen molar-refractivity contribution in [1.82, 2.24) is 5.32 Å². The average Bonchev–Trinajstić information content (AvgIpc) is 2.64. The molecule has 20 heavy (non-hydrogen) atoms. The molecule has 1 saturated carbocycles. The van der Waals surface area contributed by atoms with Gasteiger partial charge in [0.05, 0.1) is 11.5 Å². The molecule has 0 aromatic heterocycles. The van der Waals surface area contributed by atoms with Crippen LogP contribution in [-0.4, -0.2) is 23.0 Å². The Balaban J connectivity index is 2.12. The number of para-hydroxylation sites is 1. The van der Waals surface area contributed by atoms with Crippen LogP contribution in [0.15, 0.2) is 24.3 Å². The fourth-order valence-electron chi connectivity index (χ4n) is 2.73. The van der Waals surface area contributed by atoms with Gasteiger partial charge in [-0.2, -0.15) is 0 Å². The largest absolute Gasteiger partial charge is 0.481 e. The SMILES string of the molecule is Nc1ccccc1C(=O)NC1CCCCCC1C(=O)O. The van der Waals surface area contributed by atoms with Gasteiger partial charge in [0.15, 0.2) is 0 Å². The van der Waals surface area contributed by atoms with Gasteiger partial charge in [0, 0.05) is 11.7 Å². The van der Waals surface area contributed by atoms with Gasteiger partial charge >= 0.3 is 5.97 Å². The third kappa shape index (κ3) is 3.29. The predicted octanol–water partition coefficient (Wildman–Crippen LogP) is 2.03. The van der Waals surface area contributed by atoms with Crippen molar-refractivity contribution in [2.75, 3.05) is 5.73 Å². The molecule has 2 atom stereocenters.